The summed E-state index contributed by atoms with van der Waals surface area (Å²) in [6, 6.07) is 18.3. The van der Waals surface area contributed by atoms with E-state index in [1.54, 1.807) is 0 Å². The largest absolute Gasteiger partial charge is 0.485 e. The van der Waals surface area contributed by atoms with Gasteiger partial charge in [-0.25, -0.2) is 9.59 Å². The minimum absolute atomic E-state index is 0.0253. The van der Waals surface area contributed by atoms with Crippen LogP contribution in [0.25, 0.3) is 0 Å². The Hall–Kier alpha value is -2.86. The average Bonchev–Trinajstić information content (AvgIpc) is 2.57. The van der Waals surface area contributed by atoms with E-state index in [-0.39, 0.29) is 6.10 Å². The van der Waals surface area contributed by atoms with Gasteiger partial charge in [-0.05, 0) is 30.7 Å². The molecule has 2 aromatic rings. The van der Waals surface area contributed by atoms with Gasteiger partial charge in [-0.3, -0.25) is 0 Å². The summed E-state index contributed by atoms with van der Waals surface area (Å²) in [6.07, 6.45) is 0.843. The first-order chi connectivity index (χ1) is 11.5. The highest BCUT2D eigenvalue weighted by atomic mass is 16.5. The third-order valence-corrected chi connectivity index (χ3v) is 3.15. The average molecular weight is 331 g/mol. The van der Waals surface area contributed by atoms with Crippen LogP contribution in [0.15, 0.2) is 54.6 Å². The second-order valence-corrected chi connectivity index (χ2v) is 4.97. The molecule has 0 fully saturated rings. The van der Waals surface area contributed by atoms with Crippen LogP contribution in [-0.2, 0) is 9.59 Å². The molecule has 2 rings (SSSR count). The number of hydrogen-bond donors (Lipinski definition) is 3. The van der Waals surface area contributed by atoms with Crippen molar-refractivity contribution in [3.63, 3.8) is 0 Å². The number of carboxylic acid groups (broad SMARTS) is 2. The van der Waals surface area contributed by atoms with Crippen molar-refractivity contribution in [2.75, 3.05) is 6.54 Å². The molecule has 0 aliphatic rings. The lowest BCUT2D eigenvalue weighted by Gasteiger charge is -2.20. The van der Waals surface area contributed by atoms with Crippen LogP contribution in [-0.4, -0.2) is 28.7 Å². The van der Waals surface area contributed by atoms with Gasteiger partial charge in [0.05, 0.1) is 0 Å². The van der Waals surface area contributed by atoms with Crippen LogP contribution in [0.5, 0.6) is 5.75 Å². The van der Waals surface area contributed by atoms with Gasteiger partial charge in [0.1, 0.15) is 11.9 Å². The van der Waals surface area contributed by atoms with Crippen LogP contribution in [0.4, 0.5) is 0 Å². The third kappa shape index (κ3) is 6.50. The Morgan fingerprint density at radius 1 is 1.00 bits per heavy atom. The number of aryl methyl sites for hydroxylation is 1. The molecule has 0 aliphatic carbocycles. The second kappa shape index (κ2) is 10.0. The van der Waals surface area contributed by atoms with Gasteiger partial charge in [0, 0.05) is 6.42 Å². The molecule has 0 heterocycles. The Morgan fingerprint density at radius 2 is 1.54 bits per heavy atom. The smallest absolute Gasteiger partial charge is 0.414 e. The summed E-state index contributed by atoms with van der Waals surface area (Å²) in [5, 5.41) is 14.8. The zero-order valence-corrected chi connectivity index (χ0v) is 13.4. The minimum atomic E-state index is -1.82. The lowest BCUT2D eigenvalue weighted by atomic mass is 10.1. The van der Waals surface area contributed by atoms with E-state index in [9.17, 15) is 0 Å². The Kier molecular flexibility index (Phi) is 8.01. The molecule has 128 valence electrons. The molecule has 0 radical (unpaired) electrons. The summed E-state index contributed by atoms with van der Waals surface area (Å²) in [5.41, 5.74) is 8.00. The standard InChI is InChI=1S/C16H19NO.C2H2O4/c1-13-7-5-6-10-15(13)18-16(11-12-17)14-8-3-2-4-9-14;3-1(4)2(5)6/h2-10,16H,11-12,17H2,1H3;(H,3,4)(H,5,6). The maximum atomic E-state index is 9.10. The maximum Gasteiger partial charge on any atom is 0.414 e. The molecule has 0 aliphatic heterocycles. The summed E-state index contributed by atoms with van der Waals surface area (Å²) < 4.78 is 6.09. The van der Waals surface area contributed by atoms with Crippen molar-refractivity contribution in [3.05, 3.63) is 65.7 Å². The maximum absolute atomic E-state index is 9.10. The van der Waals surface area contributed by atoms with Gasteiger partial charge in [-0.2, -0.15) is 0 Å². The van der Waals surface area contributed by atoms with Crippen molar-refractivity contribution in [1.29, 1.82) is 0 Å². The van der Waals surface area contributed by atoms with E-state index >= 15 is 0 Å². The van der Waals surface area contributed by atoms with E-state index in [1.165, 1.54) is 5.56 Å². The van der Waals surface area contributed by atoms with Gasteiger partial charge >= 0.3 is 11.9 Å². The zero-order valence-electron chi connectivity index (χ0n) is 13.4. The molecule has 0 aromatic heterocycles. The summed E-state index contributed by atoms with van der Waals surface area (Å²) >= 11 is 0. The number of carbonyl (C=O) groups is 2. The summed E-state index contributed by atoms with van der Waals surface area (Å²) in [4.78, 5) is 18.2. The summed E-state index contributed by atoms with van der Waals surface area (Å²) in [6.45, 7) is 2.67. The Morgan fingerprint density at radius 3 is 2.04 bits per heavy atom. The highest BCUT2D eigenvalue weighted by Crippen LogP contribution is 2.26. The fraction of sp³-hybridized carbons (Fsp3) is 0.222. The molecule has 2 aromatic carbocycles. The van der Waals surface area contributed by atoms with Crippen LogP contribution in [0.1, 0.15) is 23.7 Å². The predicted molar refractivity (Wildman–Crippen MR) is 89.9 cm³/mol. The number of aliphatic carboxylic acids is 2. The van der Waals surface area contributed by atoms with E-state index in [0.29, 0.717) is 6.54 Å². The number of para-hydroxylation sites is 1. The van der Waals surface area contributed by atoms with Crippen LogP contribution < -0.4 is 10.5 Å². The highest BCUT2D eigenvalue weighted by molar-refractivity contribution is 6.27. The van der Waals surface area contributed by atoms with E-state index in [4.69, 9.17) is 30.3 Å². The van der Waals surface area contributed by atoms with Crippen molar-refractivity contribution in [2.45, 2.75) is 19.4 Å². The lowest BCUT2D eigenvalue weighted by molar-refractivity contribution is -0.159. The summed E-state index contributed by atoms with van der Waals surface area (Å²) in [7, 11) is 0. The van der Waals surface area contributed by atoms with Crippen LogP contribution >= 0.6 is 0 Å². The first-order valence-electron chi connectivity index (χ1n) is 7.39. The number of benzene rings is 2. The highest BCUT2D eigenvalue weighted by Gasteiger charge is 2.13. The van der Waals surface area contributed by atoms with Crippen molar-refractivity contribution in [1.82, 2.24) is 0 Å². The van der Waals surface area contributed by atoms with Gasteiger partial charge in [-0.15, -0.1) is 0 Å². The number of rotatable bonds is 5. The number of hydrogen-bond acceptors (Lipinski definition) is 4. The van der Waals surface area contributed by atoms with Gasteiger partial charge < -0.3 is 20.7 Å². The molecule has 0 spiro atoms. The molecule has 0 amide bonds. The molecule has 6 nitrogen and oxygen atoms in total. The molecule has 24 heavy (non-hydrogen) atoms. The van der Waals surface area contributed by atoms with Crippen LogP contribution in [0.2, 0.25) is 0 Å². The number of carboxylic acids is 2. The Bertz CT molecular complexity index is 645. The molecular formula is C18H21NO5. The topological polar surface area (TPSA) is 110 Å². The van der Waals surface area contributed by atoms with Crippen LogP contribution in [0.3, 0.4) is 0 Å². The second-order valence-electron chi connectivity index (χ2n) is 4.97. The summed E-state index contributed by atoms with van der Waals surface area (Å²) in [5.74, 6) is -2.72. The van der Waals surface area contributed by atoms with E-state index in [2.05, 4.69) is 25.1 Å². The molecule has 6 heteroatoms. The molecule has 0 saturated carbocycles. The molecule has 1 atom stereocenters. The SMILES string of the molecule is Cc1ccccc1OC(CCN)c1ccccc1.O=C(O)C(=O)O. The predicted octanol–water partition coefficient (Wildman–Crippen LogP) is 2.62. The van der Waals surface area contributed by atoms with Crippen molar-refractivity contribution in [3.8, 4) is 5.75 Å². The van der Waals surface area contributed by atoms with Crippen molar-refractivity contribution < 1.29 is 24.5 Å². The van der Waals surface area contributed by atoms with Gasteiger partial charge in [0.15, 0.2) is 0 Å². The number of nitrogens with two attached hydrogens (primary N) is 1. The fourth-order valence-corrected chi connectivity index (χ4v) is 1.95. The van der Waals surface area contributed by atoms with E-state index < -0.39 is 11.9 Å². The van der Waals surface area contributed by atoms with E-state index in [0.717, 1.165) is 17.7 Å². The van der Waals surface area contributed by atoms with Gasteiger partial charge in [0.25, 0.3) is 0 Å². The van der Waals surface area contributed by atoms with Gasteiger partial charge in [-0.1, -0.05) is 48.5 Å². The lowest BCUT2D eigenvalue weighted by Crippen LogP contribution is -2.13. The molecular weight excluding hydrogens is 310 g/mol. The Labute approximate surface area is 140 Å². The van der Waals surface area contributed by atoms with E-state index in [1.807, 2.05) is 36.4 Å². The number of ether oxygens (including phenoxy) is 1. The fourth-order valence-electron chi connectivity index (χ4n) is 1.95. The minimum Gasteiger partial charge on any atom is -0.485 e. The van der Waals surface area contributed by atoms with Crippen molar-refractivity contribution >= 4 is 11.9 Å². The van der Waals surface area contributed by atoms with Crippen molar-refractivity contribution in [2.24, 2.45) is 5.73 Å². The Balaban J connectivity index is 0.000000413. The normalized spacial score (nSPS) is 10.9. The van der Waals surface area contributed by atoms with Gasteiger partial charge in [0.2, 0.25) is 0 Å². The van der Waals surface area contributed by atoms with Crippen LogP contribution in [0, 0.1) is 6.92 Å². The monoisotopic (exact) mass is 331 g/mol. The molecule has 1 unspecified atom stereocenters. The third-order valence-electron chi connectivity index (χ3n) is 3.15. The quantitative estimate of drug-likeness (QED) is 0.727. The molecule has 0 bridgehead atoms. The first-order valence-corrected chi connectivity index (χ1v) is 7.39. The zero-order chi connectivity index (χ0) is 17.9. The molecule has 0 saturated heterocycles. The first kappa shape index (κ1) is 19.2. The molecule has 4 N–H and O–H groups in total.